The van der Waals surface area contributed by atoms with Crippen LogP contribution in [0.25, 0.3) is 10.8 Å². The largest absolute Gasteiger partial charge is 0.486 e. The fourth-order valence-corrected chi connectivity index (χ4v) is 2.85. The van der Waals surface area contributed by atoms with Crippen molar-refractivity contribution >= 4 is 10.8 Å². The molecule has 1 aromatic carbocycles. The maximum Gasteiger partial charge on any atom is 0.221 e. The van der Waals surface area contributed by atoms with Crippen LogP contribution in [0, 0.1) is 0 Å². The molecule has 0 spiro atoms. The maximum atomic E-state index is 6.11. The predicted molar refractivity (Wildman–Crippen MR) is 79.3 cm³/mol. The molecule has 2 aliphatic rings. The minimum absolute atomic E-state index is 0.234. The van der Waals surface area contributed by atoms with Crippen LogP contribution in [0.15, 0.2) is 24.4 Å². The number of hydrogen-bond donors (Lipinski definition) is 1. The Balaban J connectivity index is 1.71. The van der Waals surface area contributed by atoms with Gasteiger partial charge in [0.05, 0.1) is 0 Å². The van der Waals surface area contributed by atoms with Gasteiger partial charge in [0.25, 0.3) is 0 Å². The van der Waals surface area contributed by atoms with Gasteiger partial charge in [-0.25, -0.2) is 4.98 Å². The normalized spacial score (nSPS) is 18.7. The second kappa shape index (κ2) is 5.41. The van der Waals surface area contributed by atoms with Crippen LogP contribution >= 0.6 is 0 Å². The Morgan fingerprint density at radius 2 is 1.86 bits per heavy atom. The molecule has 4 rings (SSSR count). The van der Waals surface area contributed by atoms with Crippen molar-refractivity contribution in [1.82, 2.24) is 10.3 Å². The highest BCUT2D eigenvalue weighted by Gasteiger charge is 2.19. The summed E-state index contributed by atoms with van der Waals surface area (Å²) in [5.41, 5.74) is 0. The third kappa shape index (κ3) is 2.49. The van der Waals surface area contributed by atoms with Crippen LogP contribution in [0.1, 0.15) is 12.8 Å². The third-order valence-corrected chi connectivity index (χ3v) is 3.96. The quantitative estimate of drug-likeness (QED) is 0.916. The van der Waals surface area contributed by atoms with Crippen molar-refractivity contribution in [3.05, 3.63) is 24.4 Å². The predicted octanol–water partition coefficient (Wildman–Crippen LogP) is 2.14. The van der Waals surface area contributed by atoms with Crippen LogP contribution in [0.3, 0.4) is 0 Å². The molecule has 5 heteroatoms. The number of fused-ring (bicyclic) bond motifs is 2. The van der Waals surface area contributed by atoms with E-state index in [0.29, 0.717) is 19.1 Å². The molecule has 0 amide bonds. The van der Waals surface area contributed by atoms with E-state index in [-0.39, 0.29) is 6.10 Å². The molecule has 2 aromatic rings. The first-order valence-corrected chi connectivity index (χ1v) is 7.46. The topological polar surface area (TPSA) is 52.6 Å². The number of pyridine rings is 1. The van der Waals surface area contributed by atoms with E-state index >= 15 is 0 Å². The fourth-order valence-electron chi connectivity index (χ4n) is 2.85. The summed E-state index contributed by atoms with van der Waals surface area (Å²) in [5, 5.41) is 5.40. The smallest absolute Gasteiger partial charge is 0.221 e. The van der Waals surface area contributed by atoms with Gasteiger partial charge in [-0.05, 0) is 49.5 Å². The van der Waals surface area contributed by atoms with E-state index < -0.39 is 0 Å². The molecule has 21 heavy (non-hydrogen) atoms. The van der Waals surface area contributed by atoms with Gasteiger partial charge in [0.1, 0.15) is 19.3 Å². The number of benzene rings is 1. The lowest BCUT2D eigenvalue weighted by atomic mass is 10.1. The monoisotopic (exact) mass is 286 g/mol. The number of hydrogen-bond acceptors (Lipinski definition) is 5. The first kappa shape index (κ1) is 12.7. The summed E-state index contributed by atoms with van der Waals surface area (Å²) in [6, 6.07) is 5.96. The summed E-state index contributed by atoms with van der Waals surface area (Å²) < 4.78 is 17.4. The highest BCUT2D eigenvalue weighted by molar-refractivity contribution is 5.90. The Labute approximate surface area is 123 Å². The molecular weight excluding hydrogens is 268 g/mol. The van der Waals surface area contributed by atoms with Gasteiger partial charge in [0.2, 0.25) is 5.88 Å². The van der Waals surface area contributed by atoms with Crippen LogP contribution in [-0.4, -0.2) is 37.4 Å². The molecule has 3 heterocycles. The number of aromatic nitrogens is 1. The van der Waals surface area contributed by atoms with E-state index in [1.807, 2.05) is 18.2 Å². The molecule has 110 valence electrons. The zero-order valence-electron chi connectivity index (χ0n) is 11.8. The zero-order valence-corrected chi connectivity index (χ0v) is 11.8. The molecule has 1 aromatic heterocycles. The van der Waals surface area contributed by atoms with E-state index in [2.05, 4.69) is 10.3 Å². The van der Waals surface area contributed by atoms with Gasteiger partial charge in [-0.1, -0.05) is 0 Å². The first-order valence-electron chi connectivity index (χ1n) is 7.46. The molecule has 0 unspecified atom stereocenters. The molecular formula is C16H18N2O3. The van der Waals surface area contributed by atoms with E-state index in [1.54, 1.807) is 6.20 Å². The lowest BCUT2D eigenvalue weighted by Gasteiger charge is -2.24. The Morgan fingerprint density at radius 3 is 2.67 bits per heavy atom. The maximum absolute atomic E-state index is 6.11. The SMILES string of the molecule is c1cc2cc3c(cc2c(OC2CCNCC2)n1)OCCO3. The lowest BCUT2D eigenvalue weighted by molar-refractivity contribution is 0.158. The van der Waals surface area contributed by atoms with E-state index in [4.69, 9.17) is 14.2 Å². The summed E-state index contributed by atoms with van der Waals surface area (Å²) in [6.07, 6.45) is 4.05. The van der Waals surface area contributed by atoms with Gasteiger partial charge in [-0.15, -0.1) is 0 Å². The summed E-state index contributed by atoms with van der Waals surface area (Å²) in [7, 11) is 0. The van der Waals surface area contributed by atoms with Crippen LogP contribution in [0.5, 0.6) is 17.4 Å². The Kier molecular flexibility index (Phi) is 3.27. The number of rotatable bonds is 2. The van der Waals surface area contributed by atoms with Gasteiger partial charge < -0.3 is 19.5 Å². The molecule has 0 atom stereocenters. The summed E-state index contributed by atoms with van der Waals surface area (Å²) in [4.78, 5) is 4.41. The first-order chi connectivity index (χ1) is 10.4. The molecule has 0 radical (unpaired) electrons. The third-order valence-electron chi connectivity index (χ3n) is 3.96. The highest BCUT2D eigenvalue weighted by Crippen LogP contribution is 2.37. The molecule has 0 aliphatic carbocycles. The standard InChI is InChI=1S/C16H18N2O3/c1-6-18-16(21-12-2-4-17-5-3-12)13-10-15-14(9-11(1)13)19-7-8-20-15/h1,6,9-10,12,17H,2-5,7-8H2. The van der Waals surface area contributed by atoms with Crippen molar-refractivity contribution in [2.45, 2.75) is 18.9 Å². The summed E-state index contributed by atoms with van der Waals surface area (Å²) in [6.45, 7) is 3.19. The minimum Gasteiger partial charge on any atom is -0.486 e. The second-order valence-corrected chi connectivity index (χ2v) is 5.40. The van der Waals surface area contributed by atoms with Crippen molar-refractivity contribution in [3.8, 4) is 17.4 Å². The Hall–Kier alpha value is -2.01. The number of piperidine rings is 1. The van der Waals surface area contributed by atoms with Crippen molar-refractivity contribution < 1.29 is 14.2 Å². The van der Waals surface area contributed by atoms with Gasteiger partial charge >= 0.3 is 0 Å². The Bertz CT molecular complexity index is 653. The summed E-state index contributed by atoms with van der Waals surface area (Å²) >= 11 is 0. The molecule has 1 saturated heterocycles. The fraction of sp³-hybridized carbons (Fsp3) is 0.438. The van der Waals surface area contributed by atoms with Gasteiger partial charge in [-0.2, -0.15) is 0 Å². The zero-order chi connectivity index (χ0) is 14.1. The van der Waals surface area contributed by atoms with Crippen LogP contribution in [0.2, 0.25) is 0 Å². The molecule has 2 aliphatic heterocycles. The molecule has 5 nitrogen and oxygen atoms in total. The van der Waals surface area contributed by atoms with Crippen molar-refractivity contribution in [3.63, 3.8) is 0 Å². The van der Waals surface area contributed by atoms with E-state index in [1.165, 1.54) is 0 Å². The lowest BCUT2D eigenvalue weighted by Crippen LogP contribution is -2.34. The van der Waals surface area contributed by atoms with Crippen molar-refractivity contribution in [2.24, 2.45) is 0 Å². The Morgan fingerprint density at radius 1 is 1.10 bits per heavy atom. The molecule has 1 N–H and O–H groups in total. The van der Waals surface area contributed by atoms with Gasteiger partial charge in [0.15, 0.2) is 11.5 Å². The van der Waals surface area contributed by atoms with Crippen LogP contribution in [0.4, 0.5) is 0 Å². The average Bonchev–Trinajstić information content (AvgIpc) is 2.54. The summed E-state index contributed by atoms with van der Waals surface area (Å²) in [5.74, 6) is 2.26. The average molecular weight is 286 g/mol. The number of ether oxygens (including phenoxy) is 3. The van der Waals surface area contributed by atoms with E-state index in [9.17, 15) is 0 Å². The van der Waals surface area contributed by atoms with E-state index in [0.717, 1.165) is 48.2 Å². The molecule has 1 fully saturated rings. The van der Waals surface area contributed by atoms with Crippen LogP contribution in [-0.2, 0) is 0 Å². The number of nitrogens with zero attached hydrogens (tertiary/aromatic N) is 1. The minimum atomic E-state index is 0.234. The van der Waals surface area contributed by atoms with Gasteiger partial charge in [-0.3, -0.25) is 0 Å². The highest BCUT2D eigenvalue weighted by atomic mass is 16.6. The number of nitrogens with one attached hydrogen (secondary N) is 1. The van der Waals surface area contributed by atoms with Crippen molar-refractivity contribution in [1.29, 1.82) is 0 Å². The molecule has 0 bridgehead atoms. The molecule has 0 saturated carbocycles. The van der Waals surface area contributed by atoms with Gasteiger partial charge in [0, 0.05) is 11.6 Å². The second-order valence-electron chi connectivity index (χ2n) is 5.40. The van der Waals surface area contributed by atoms with Crippen LogP contribution < -0.4 is 19.5 Å². The van der Waals surface area contributed by atoms with Crippen molar-refractivity contribution in [2.75, 3.05) is 26.3 Å².